The molecule has 0 fully saturated rings. The van der Waals surface area contributed by atoms with Crippen LogP contribution in [0.4, 0.5) is 0 Å². The SMILES string of the molecule is Oc1cc(Br)cc(Br)c1-c1c(O)cc(Br)cc1Br. The third kappa shape index (κ3) is 2.76. The van der Waals surface area contributed by atoms with Crippen LogP contribution in [-0.4, -0.2) is 10.2 Å². The molecule has 0 aliphatic carbocycles. The van der Waals surface area contributed by atoms with Crippen LogP contribution in [0.5, 0.6) is 11.5 Å². The van der Waals surface area contributed by atoms with E-state index in [-0.39, 0.29) is 11.5 Å². The zero-order valence-corrected chi connectivity index (χ0v) is 15.1. The molecule has 0 amide bonds. The van der Waals surface area contributed by atoms with Crippen molar-refractivity contribution < 1.29 is 10.2 Å². The lowest BCUT2D eigenvalue weighted by atomic mass is 10.0. The van der Waals surface area contributed by atoms with Gasteiger partial charge >= 0.3 is 0 Å². The molecule has 2 N–H and O–H groups in total. The first-order valence-corrected chi connectivity index (χ1v) is 7.93. The van der Waals surface area contributed by atoms with Crippen molar-refractivity contribution in [2.45, 2.75) is 0 Å². The molecule has 0 aromatic heterocycles. The van der Waals surface area contributed by atoms with Crippen molar-refractivity contribution in [2.24, 2.45) is 0 Å². The third-order valence-electron chi connectivity index (χ3n) is 2.32. The Bertz CT molecular complexity index is 524. The molecule has 2 nitrogen and oxygen atoms in total. The lowest BCUT2D eigenvalue weighted by molar-refractivity contribution is 0.468. The van der Waals surface area contributed by atoms with Gasteiger partial charge in [0.25, 0.3) is 0 Å². The molecule has 18 heavy (non-hydrogen) atoms. The molecule has 2 aromatic carbocycles. The van der Waals surface area contributed by atoms with Gasteiger partial charge in [0.2, 0.25) is 0 Å². The number of hydrogen-bond acceptors (Lipinski definition) is 2. The van der Waals surface area contributed by atoms with Crippen LogP contribution >= 0.6 is 63.7 Å². The number of phenolic OH excluding ortho intramolecular Hbond substituents is 2. The van der Waals surface area contributed by atoms with Crippen LogP contribution < -0.4 is 0 Å². The Hall–Kier alpha value is -0.0400. The average molecular weight is 502 g/mol. The van der Waals surface area contributed by atoms with Gasteiger partial charge in [-0.25, -0.2) is 0 Å². The maximum absolute atomic E-state index is 10.0. The lowest BCUT2D eigenvalue weighted by Crippen LogP contribution is -1.86. The van der Waals surface area contributed by atoms with Crippen molar-refractivity contribution in [1.29, 1.82) is 0 Å². The molecular weight excluding hydrogens is 496 g/mol. The topological polar surface area (TPSA) is 40.5 Å². The van der Waals surface area contributed by atoms with E-state index in [0.717, 1.165) is 8.95 Å². The smallest absolute Gasteiger partial charge is 0.125 e. The Morgan fingerprint density at radius 2 is 0.944 bits per heavy atom. The first-order valence-electron chi connectivity index (χ1n) is 4.76. The summed E-state index contributed by atoms with van der Waals surface area (Å²) in [5.74, 6) is 0.157. The number of benzene rings is 2. The van der Waals surface area contributed by atoms with Gasteiger partial charge in [-0.3, -0.25) is 0 Å². The van der Waals surface area contributed by atoms with E-state index in [0.29, 0.717) is 20.1 Å². The molecule has 2 aromatic rings. The van der Waals surface area contributed by atoms with Crippen LogP contribution in [0, 0.1) is 0 Å². The summed E-state index contributed by atoms with van der Waals surface area (Å²) in [5.41, 5.74) is 1.07. The summed E-state index contributed by atoms with van der Waals surface area (Å²) in [5, 5.41) is 20.1. The summed E-state index contributed by atoms with van der Waals surface area (Å²) in [7, 11) is 0. The molecule has 0 aliphatic rings. The van der Waals surface area contributed by atoms with Crippen LogP contribution in [0.15, 0.2) is 42.2 Å². The zero-order valence-electron chi connectivity index (χ0n) is 8.72. The summed E-state index contributed by atoms with van der Waals surface area (Å²) in [6.07, 6.45) is 0. The van der Waals surface area contributed by atoms with Crippen LogP contribution in [0.3, 0.4) is 0 Å². The maximum Gasteiger partial charge on any atom is 0.125 e. The second-order valence-corrected chi connectivity index (χ2v) is 7.10. The van der Waals surface area contributed by atoms with E-state index in [1.807, 2.05) is 12.1 Å². The van der Waals surface area contributed by atoms with Gasteiger partial charge in [-0.1, -0.05) is 31.9 Å². The number of hydrogen-bond donors (Lipinski definition) is 2. The Balaban J connectivity index is 2.78. The van der Waals surface area contributed by atoms with Crippen molar-refractivity contribution in [3.05, 3.63) is 42.2 Å². The van der Waals surface area contributed by atoms with E-state index in [1.54, 1.807) is 12.1 Å². The molecule has 0 aliphatic heterocycles. The van der Waals surface area contributed by atoms with Gasteiger partial charge in [0.1, 0.15) is 11.5 Å². The van der Waals surface area contributed by atoms with E-state index >= 15 is 0 Å². The fourth-order valence-corrected chi connectivity index (χ4v) is 4.42. The number of halogens is 4. The van der Waals surface area contributed by atoms with Crippen molar-refractivity contribution in [3.63, 3.8) is 0 Å². The molecule has 0 unspecified atom stereocenters. The summed E-state index contributed by atoms with van der Waals surface area (Å²) < 4.78 is 2.88. The molecule has 0 spiro atoms. The highest BCUT2D eigenvalue weighted by Crippen LogP contribution is 2.46. The second kappa shape index (κ2) is 5.53. The van der Waals surface area contributed by atoms with Crippen molar-refractivity contribution in [1.82, 2.24) is 0 Å². The number of rotatable bonds is 1. The minimum absolute atomic E-state index is 0.0783. The third-order valence-corrected chi connectivity index (χ3v) is 4.48. The van der Waals surface area contributed by atoms with Crippen molar-refractivity contribution in [2.75, 3.05) is 0 Å². The van der Waals surface area contributed by atoms with E-state index in [2.05, 4.69) is 63.7 Å². The predicted molar refractivity (Wildman–Crippen MR) is 86.0 cm³/mol. The van der Waals surface area contributed by atoms with Gasteiger partial charge in [-0.05, 0) is 56.1 Å². The molecular formula is C12H6Br4O2. The van der Waals surface area contributed by atoms with E-state index < -0.39 is 0 Å². The van der Waals surface area contributed by atoms with E-state index in [1.165, 1.54) is 0 Å². The molecule has 0 radical (unpaired) electrons. The lowest BCUT2D eigenvalue weighted by Gasteiger charge is -2.12. The molecule has 94 valence electrons. The molecule has 0 bridgehead atoms. The van der Waals surface area contributed by atoms with Gasteiger partial charge in [-0.2, -0.15) is 0 Å². The summed E-state index contributed by atoms with van der Waals surface area (Å²) in [6.45, 7) is 0. The highest BCUT2D eigenvalue weighted by Gasteiger charge is 2.17. The van der Waals surface area contributed by atoms with Gasteiger partial charge < -0.3 is 10.2 Å². The Morgan fingerprint density at radius 3 is 1.22 bits per heavy atom. The molecule has 0 saturated carbocycles. The normalized spacial score (nSPS) is 10.7. The van der Waals surface area contributed by atoms with Crippen molar-refractivity contribution in [3.8, 4) is 22.6 Å². The fraction of sp³-hybridized carbons (Fsp3) is 0. The molecule has 0 saturated heterocycles. The first kappa shape index (κ1) is 14.4. The number of aromatic hydroxyl groups is 2. The largest absolute Gasteiger partial charge is 0.507 e. The van der Waals surface area contributed by atoms with Gasteiger partial charge in [-0.15, -0.1) is 0 Å². The molecule has 0 heterocycles. The molecule has 0 atom stereocenters. The Morgan fingerprint density at radius 1 is 0.611 bits per heavy atom. The van der Waals surface area contributed by atoms with Crippen LogP contribution in [0.1, 0.15) is 0 Å². The quantitative estimate of drug-likeness (QED) is 0.517. The van der Waals surface area contributed by atoms with E-state index in [4.69, 9.17) is 0 Å². The predicted octanol–water partition coefficient (Wildman–Crippen LogP) is 5.81. The summed E-state index contributed by atoms with van der Waals surface area (Å²) in [4.78, 5) is 0. The molecule has 2 rings (SSSR count). The standard InChI is InChI=1S/C12H6Br4O2/c13-5-1-7(15)11(9(17)3-5)12-8(16)2-6(14)4-10(12)18/h1-4,17-18H. The van der Waals surface area contributed by atoms with Crippen LogP contribution in [0.25, 0.3) is 11.1 Å². The minimum atomic E-state index is 0.0783. The Labute approximate surface area is 138 Å². The number of phenols is 2. The van der Waals surface area contributed by atoms with Gasteiger partial charge in [0.05, 0.1) is 0 Å². The van der Waals surface area contributed by atoms with Gasteiger partial charge in [0.15, 0.2) is 0 Å². The maximum atomic E-state index is 10.0. The summed E-state index contributed by atoms with van der Waals surface area (Å²) in [6, 6.07) is 6.77. The van der Waals surface area contributed by atoms with Crippen LogP contribution in [0.2, 0.25) is 0 Å². The second-order valence-electron chi connectivity index (χ2n) is 3.56. The average Bonchev–Trinajstić information content (AvgIpc) is 2.20. The van der Waals surface area contributed by atoms with Crippen molar-refractivity contribution >= 4 is 63.7 Å². The van der Waals surface area contributed by atoms with Gasteiger partial charge in [0, 0.05) is 29.0 Å². The zero-order chi connectivity index (χ0) is 13.4. The first-order chi connectivity index (χ1) is 8.40. The molecule has 6 heteroatoms. The Kier molecular flexibility index (Phi) is 4.41. The fourth-order valence-electron chi connectivity index (χ4n) is 1.62. The van der Waals surface area contributed by atoms with E-state index in [9.17, 15) is 10.2 Å². The highest BCUT2D eigenvalue weighted by molar-refractivity contribution is 9.11. The van der Waals surface area contributed by atoms with Crippen LogP contribution in [-0.2, 0) is 0 Å². The highest BCUT2D eigenvalue weighted by atomic mass is 79.9. The minimum Gasteiger partial charge on any atom is -0.507 e. The summed E-state index contributed by atoms with van der Waals surface area (Å²) >= 11 is 13.4. The monoisotopic (exact) mass is 498 g/mol.